The highest BCUT2D eigenvalue weighted by atomic mass is 35.5. The molecule has 0 unspecified atom stereocenters. The molecule has 0 saturated heterocycles. The minimum absolute atomic E-state index is 0.139. The van der Waals surface area contributed by atoms with E-state index in [2.05, 4.69) is 17.0 Å². The number of rotatable bonds is 7. The SMILES string of the molecule is CCCn1ncnc1CC(=O)CSc1cccc(Cl)c1. The number of carbonyl (C=O) groups is 1. The van der Waals surface area contributed by atoms with Crippen molar-refractivity contribution >= 4 is 29.1 Å². The van der Waals surface area contributed by atoms with Gasteiger partial charge in [0, 0.05) is 16.5 Å². The Labute approximate surface area is 127 Å². The zero-order valence-corrected chi connectivity index (χ0v) is 12.8. The Kier molecular flexibility index (Phi) is 5.61. The summed E-state index contributed by atoms with van der Waals surface area (Å²) in [5.74, 6) is 1.29. The van der Waals surface area contributed by atoms with Crippen LogP contribution in [0.4, 0.5) is 0 Å². The lowest BCUT2D eigenvalue weighted by Gasteiger charge is -2.04. The van der Waals surface area contributed by atoms with E-state index >= 15 is 0 Å². The average Bonchev–Trinajstić information content (AvgIpc) is 2.84. The molecule has 0 radical (unpaired) electrons. The summed E-state index contributed by atoms with van der Waals surface area (Å²) >= 11 is 7.40. The van der Waals surface area contributed by atoms with Gasteiger partial charge in [-0.05, 0) is 24.6 Å². The van der Waals surface area contributed by atoms with Crippen molar-refractivity contribution in [3.8, 4) is 0 Å². The molecule has 20 heavy (non-hydrogen) atoms. The van der Waals surface area contributed by atoms with E-state index in [-0.39, 0.29) is 5.78 Å². The van der Waals surface area contributed by atoms with Crippen LogP contribution in [0.2, 0.25) is 5.02 Å². The van der Waals surface area contributed by atoms with E-state index < -0.39 is 0 Å². The smallest absolute Gasteiger partial charge is 0.150 e. The molecule has 0 fully saturated rings. The normalized spacial score (nSPS) is 10.7. The maximum absolute atomic E-state index is 12.0. The first-order valence-electron chi connectivity index (χ1n) is 6.45. The quantitative estimate of drug-likeness (QED) is 0.737. The summed E-state index contributed by atoms with van der Waals surface area (Å²) in [4.78, 5) is 17.1. The second-order valence-corrected chi connectivity index (χ2v) is 5.85. The highest BCUT2D eigenvalue weighted by Crippen LogP contribution is 2.21. The number of halogens is 1. The van der Waals surface area contributed by atoms with E-state index in [1.165, 1.54) is 18.1 Å². The minimum Gasteiger partial charge on any atom is -0.298 e. The van der Waals surface area contributed by atoms with Gasteiger partial charge in [0.25, 0.3) is 0 Å². The molecule has 106 valence electrons. The number of thioether (sulfide) groups is 1. The molecule has 2 rings (SSSR count). The predicted octanol–water partition coefficient (Wildman–Crippen LogP) is 3.25. The van der Waals surface area contributed by atoms with Crippen LogP contribution in [0, 0.1) is 0 Å². The Morgan fingerprint density at radius 3 is 3.05 bits per heavy atom. The Morgan fingerprint density at radius 2 is 2.30 bits per heavy atom. The van der Waals surface area contributed by atoms with Gasteiger partial charge in [-0.15, -0.1) is 11.8 Å². The first kappa shape index (κ1) is 15.1. The van der Waals surface area contributed by atoms with Gasteiger partial charge in [-0.3, -0.25) is 4.79 Å². The molecule has 0 saturated carbocycles. The van der Waals surface area contributed by atoms with Crippen LogP contribution in [0.3, 0.4) is 0 Å². The Balaban J connectivity index is 1.88. The Morgan fingerprint density at radius 1 is 1.45 bits per heavy atom. The van der Waals surface area contributed by atoms with Gasteiger partial charge in [0.1, 0.15) is 12.2 Å². The number of aryl methyl sites for hydroxylation is 1. The molecule has 1 heterocycles. The van der Waals surface area contributed by atoms with Gasteiger partial charge in [0.05, 0.1) is 12.2 Å². The zero-order valence-electron chi connectivity index (χ0n) is 11.3. The topological polar surface area (TPSA) is 47.8 Å². The van der Waals surface area contributed by atoms with Gasteiger partial charge < -0.3 is 0 Å². The van der Waals surface area contributed by atoms with Crippen LogP contribution in [0.15, 0.2) is 35.5 Å². The lowest BCUT2D eigenvalue weighted by atomic mass is 10.3. The van der Waals surface area contributed by atoms with E-state index in [4.69, 9.17) is 11.6 Å². The van der Waals surface area contributed by atoms with Gasteiger partial charge in [0.2, 0.25) is 0 Å². The summed E-state index contributed by atoms with van der Waals surface area (Å²) in [6, 6.07) is 7.51. The number of Topliss-reactive ketones (excluding diaryl/α,β-unsaturated/α-hetero) is 1. The maximum atomic E-state index is 12.0. The van der Waals surface area contributed by atoms with Crippen molar-refractivity contribution in [2.75, 3.05) is 5.75 Å². The fraction of sp³-hybridized carbons (Fsp3) is 0.357. The lowest BCUT2D eigenvalue weighted by Crippen LogP contribution is -2.12. The summed E-state index contributed by atoms with van der Waals surface area (Å²) in [5.41, 5.74) is 0. The molecule has 1 aromatic heterocycles. The Hall–Kier alpha value is -1.33. The number of hydrogen-bond donors (Lipinski definition) is 0. The molecule has 1 aromatic carbocycles. The van der Waals surface area contributed by atoms with Crippen molar-refractivity contribution in [1.29, 1.82) is 0 Å². The summed E-state index contributed by atoms with van der Waals surface area (Å²) in [6.45, 7) is 2.87. The van der Waals surface area contributed by atoms with Crippen LogP contribution in [0.5, 0.6) is 0 Å². The Bertz CT molecular complexity index is 585. The van der Waals surface area contributed by atoms with Gasteiger partial charge in [-0.2, -0.15) is 5.10 Å². The van der Waals surface area contributed by atoms with Crippen molar-refractivity contribution < 1.29 is 4.79 Å². The fourth-order valence-electron chi connectivity index (χ4n) is 1.77. The molecular weight excluding hydrogens is 294 g/mol. The second kappa shape index (κ2) is 7.45. The third-order valence-electron chi connectivity index (χ3n) is 2.68. The third-order valence-corrected chi connectivity index (χ3v) is 3.97. The standard InChI is InChI=1S/C14H16ClN3OS/c1-2-6-18-14(16-10-17-18)8-12(19)9-20-13-5-3-4-11(15)7-13/h3-5,7,10H,2,6,8-9H2,1H3. The van der Waals surface area contributed by atoms with Gasteiger partial charge >= 0.3 is 0 Å². The molecule has 0 aliphatic heterocycles. The summed E-state index contributed by atoms with van der Waals surface area (Å²) in [6.07, 6.45) is 2.80. The van der Waals surface area contributed by atoms with Crippen molar-refractivity contribution in [3.05, 3.63) is 41.4 Å². The molecular formula is C14H16ClN3OS. The molecule has 0 aliphatic rings. The number of benzene rings is 1. The highest BCUT2D eigenvalue weighted by molar-refractivity contribution is 8.00. The van der Waals surface area contributed by atoms with Gasteiger partial charge in [0.15, 0.2) is 5.78 Å². The maximum Gasteiger partial charge on any atom is 0.150 e. The molecule has 4 nitrogen and oxygen atoms in total. The monoisotopic (exact) mass is 309 g/mol. The zero-order chi connectivity index (χ0) is 14.4. The van der Waals surface area contributed by atoms with Crippen LogP contribution < -0.4 is 0 Å². The number of ketones is 1. The molecule has 0 atom stereocenters. The summed E-state index contributed by atoms with van der Waals surface area (Å²) < 4.78 is 1.79. The summed E-state index contributed by atoms with van der Waals surface area (Å²) in [7, 11) is 0. The molecule has 0 aliphatic carbocycles. The van der Waals surface area contributed by atoms with Crippen molar-refractivity contribution in [2.24, 2.45) is 0 Å². The van der Waals surface area contributed by atoms with Crippen molar-refractivity contribution in [1.82, 2.24) is 14.8 Å². The van der Waals surface area contributed by atoms with E-state index in [0.717, 1.165) is 23.7 Å². The average molecular weight is 310 g/mol. The summed E-state index contributed by atoms with van der Waals surface area (Å²) in [5, 5.41) is 4.80. The largest absolute Gasteiger partial charge is 0.298 e. The number of hydrogen-bond acceptors (Lipinski definition) is 4. The lowest BCUT2D eigenvalue weighted by molar-refractivity contribution is -0.116. The molecule has 0 amide bonds. The minimum atomic E-state index is 0.139. The van der Waals surface area contributed by atoms with Gasteiger partial charge in [-0.1, -0.05) is 24.6 Å². The van der Waals surface area contributed by atoms with Crippen molar-refractivity contribution in [3.63, 3.8) is 0 Å². The fourth-order valence-corrected chi connectivity index (χ4v) is 2.84. The second-order valence-electron chi connectivity index (χ2n) is 4.36. The predicted molar refractivity (Wildman–Crippen MR) is 81.2 cm³/mol. The van der Waals surface area contributed by atoms with E-state index in [1.54, 1.807) is 4.68 Å². The van der Waals surface area contributed by atoms with Crippen LogP contribution in [-0.4, -0.2) is 26.3 Å². The van der Waals surface area contributed by atoms with E-state index in [1.807, 2.05) is 24.3 Å². The molecule has 0 spiro atoms. The van der Waals surface area contributed by atoms with Crippen LogP contribution >= 0.6 is 23.4 Å². The van der Waals surface area contributed by atoms with E-state index in [0.29, 0.717) is 17.2 Å². The van der Waals surface area contributed by atoms with Crippen molar-refractivity contribution in [2.45, 2.75) is 31.2 Å². The number of aromatic nitrogens is 3. The molecule has 2 aromatic rings. The third kappa shape index (κ3) is 4.35. The first-order valence-corrected chi connectivity index (χ1v) is 7.82. The van der Waals surface area contributed by atoms with Crippen LogP contribution in [0.1, 0.15) is 19.2 Å². The molecule has 0 bridgehead atoms. The number of carbonyl (C=O) groups excluding carboxylic acids is 1. The van der Waals surface area contributed by atoms with Crippen LogP contribution in [-0.2, 0) is 17.8 Å². The molecule has 0 N–H and O–H groups in total. The van der Waals surface area contributed by atoms with Gasteiger partial charge in [-0.25, -0.2) is 9.67 Å². The van der Waals surface area contributed by atoms with Crippen LogP contribution in [0.25, 0.3) is 0 Å². The molecule has 6 heteroatoms. The van der Waals surface area contributed by atoms with E-state index in [9.17, 15) is 4.79 Å². The number of nitrogens with zero attached hydrogens (tertiary/aromatic N) is 3. The highest BCUT2D eigenvalue weighted by Gasteiger charge is 2.10. The first-order chi connectivity index (χ1) is 9.69.